The summed E-state index contributed by atoms with van der Waals surface area (Å²) in [6.45, 7) is 0.152. The molecular formula is C24H16Br2N2O5S. The van der Waals surface area contributed by atoms with Gasteiger partial charge in [-0.05, 0) is 59.8 Å². The van der Waals surface area contributed by atoms with Crippen LogP contribution in [0.1, 0.15) is 16.7 Å². The quantitative estimate of drug-likeness (QED) is 0.165. The Morgan fingerprint density at radius 1 is 1.00 bits per heavy atom. The van der Waals surface area contributed by atoms with Gasteiger partial charge in [-0.15, -0.1) is 0 Å². The monoisotopic (exact) mass is 602 g/mol. The number of hydrogen-bond acceptors (Lipinski definition) is 6. The van der Waals surface area contributed by atoms with E-state index in [4.69, 9.17) is 4.74 Å². The summed E-state index contributed by atoms with van der Waals surface area (Å²) in [5.74, 6) is 0.0450. The van der Waals surface area contributed by atoms with Gasteiger partial charge in [-0.2, -0.15) is 0 Å². The van der Waals surface area contributed by atoms with Gasteiger partial charge in [0.1, 0.15) is 12.4 Å². The van der Waals surface area contributed by atoms with E-state index in [1.54, 1.807) is 42.5 Å². The molecule has 1 saturated heterocycles. The number of rotatable bonds is 7. The van der Waals surface area contributed by atoms with Crippen molar-refractivity contribution in [2.75, 3.05) is 0 Å². The van der Waals surface area contributed by atoms with Crippen LogP contribution in [0.3, 0.4) is 0 Å². The van der Waals surface area contributed by atoms with Gasteiger partial charge < -0.3 is 4.74 Å². The molecule has 3 aromatic rings. The first-order valence-corrected chi connectivity index (χ1v) is 12.4. The maximum absolute atomic E-state index is 13.0. The Hall–Kier alpha value is -2.95. The predicted molar refractivity (Wildman–Crippen MR) is 137 cm³/mol. The molecule has 0 aliphatic carbocycles. The summed E-state index contributed by atoms with van der Waals surface area (Å²) in [4.78, 5) is 37.8. The molecule has 0 unspecified atom stereocenters. The number of carbonyl (C=O) groups is 2. The normalized spacial score (nSPS) is 14.6. The maximum atomic E-state index is 13.0. The van der Waals surface area contributed by atoms with Gasteiger partial charge in [0.25, 0.3) is 16.8 Å². The lowest BCUT2D eigenvalue weighted by atomic mass is 10.1. The largest absolute Gasteiger partial charge is 0.488 e. The summed E-state index contributed by atoms with van der Waals surface area (Å²) in [6, 6.07) is 19.0. The van der Waals surface area contributed by atoms with Gasteiger partial charge in [0, 0.05) is 20.6 Å². The number of para-hydroxylation sites is 1. The van der Waals surface area contributed by atoms with E-state index in [0.717, 1.165) is 26.3 Å². The maximum Gasteiger partial charge on any atom is 0.293 e. The van der Waals surface area contributed by atoms with Gasteiger partial charge >= 0.3 is 0 Å². The molecule has 1 aliphatic heterocycles. The highest BCUT2D eigenvalue weighted by molar-refractivity contribution is 9.10. The second-order valence-corrected chi connectivity index (χ2v) is 10.1. The van der Waals surface area contributed by atoms with Crippen LogP contribution >= 0.6 is 43.6 Å². The first kappa shape index (κ1) is 24.2. The number of halogens is 2. The fourth-order valence-corrected chi connectivity index (χ4v) is 4.75. The zero-order valence-corrected chi connectivity index (χ0v) is 21.4. The lowest BCUT2D eigenvalue weighted by molar-refractivity contribution is -0.385. The van der Waals surface area contributed by atoms with E-state index in [2.05, 4.69) is 31.9 Å². The van der Waals surface area contributed by atoms with Crippen LogP contribution in [0.15, 0.2) is 80.6 Å². The number of nitro groups is 1. The van der Waals surface area contributed by atoms with E-state index in [1.165, 1.54) is 11.0 Å². The molecule has 1 heterocycles. The molecule has 0 spiro atoms. The predicted octanol–water partition coefficient (Wildman–Crippen LogP) is 6.94. The standard InChI is InChI=1S/C24H16Br2N2O5S/c25-18-7-5-15(6-8-18)13-27-23(29)22(34-24(27)30)12-17-11-19(26)9-10-21(17)33-14-16-3-1-2-4-20(16)28(31)32/h1-12H,13-14H2/b22-12-. The van der Waals surface area contributed by atoms with Crippen molar-refractivity contribution in [1.29, 1.82) is 0 Å². The summed E-state index contributed by atoms with van der Waals surface area (Å²) in [7, 11) is 0. The summed E-state index contributed by atoms with van der Waals surface area (Å²) < 4.78 is 7.55. The molecule has 1 aliphatic rings. The van der Waals surface area contributed by atoms with Crippen molar-refractivity contribution in [2.45, 2.75) is 13.2 Å². The lowest BCUT2D eigenvalue weighted by Crippen LogP contribution is -2.27. The van der Waals surface area contributed by atoms with Crippen LogP contribution in [-0.2, 0) is 17.9 Å². The Morgan fingerprint density at radius 2 is 1.71 bits per heavy atom. The average Bonchev–Trinajstić information content (AvgIpc) is 3.07. The molecule has 10 heteroatoms. The fourth-order valence-electron chi connectivity index (χ4n) is 3.28. The van der Waals surface area contributed by atoms with E-state index < -0.39 is 4.92 Å². The highest BCUT2D eigenvalue weighted by Crippen LogP contribution is 2.36. The molecule has 0 atom stereocenters. The SMILES string of the molecule is O=C1S/C(=C\c2cc(Br)ccc2OCc2ccccc2[N+](=O)[O-])C(=O)N1Cc1ccc(Br)cc1. The smallest absolute Gasteiger partial charge is 0.293 e. The van der Waals surface area contributed by atoms with Crippen molar-refractivity contribution >= 4 is 66.5 Å². The average molecular weight is 604 g/mol. The van der Waals surface area contributed by atoms with Gasteiger partial charge in [0.15, 0.2) is 0 Å². The molecular weight excluding hydrogens is 588 g/mol. The van der Waals surface area contributed by atoms with Crippen LogP contribution < -0.4 is 4.74 Å². The number of amides is 2. The van der Waals surface area contributed by atoms with Crippen molar-refractivity contribution in [1.82, 2.24) is 4.90 Å². The van der Waals surface area contributed by atoms with E-state index in [9.17, 15) is 19.7 Å². The topological polar surface area (TPSA) is 89.7 Å². The van der Waals surface area contributed by atoms with Gasteiger partial charge in [0.2, 0.25) is 0 Å². The first-order chi connectivity index (χ1) is 16.3. The molecule has 0 N–H and O–H groups in total. The van der Waals surface area contributed by atoms with Crippen molar-refractivity contribution in [3.05, 3.63) is 107 Å². The molecule has 34 heavy (non-hydrogen) atoms. The zero-order chi connectivity index (χ0) is 24.2. The molecule has 4 rings (SSSR count). The summed E-state index contributed by atoms with van der Waals surface area (Å²) in [5, 5.41) is 10.9. The molecule has 0 saturated carbocycles. The second kappa shape index (κ2) is 10.5. The highest BCUT2D eigenvalue weighted by atomic mass is 79.9. The number of hydrogen-bond donors (Lipinski definition) is 0. The molecule has 1 fully saturated rings. The van der Waals surface area contributed by atoms with Crippen molar-refractivity contribution in [3.63, 3.8) is 0 Å². The van der Waals surface area contributed by atoms with Gasteiger partial charge in [-0.25, -0.2) is 0 Å². The number of benzene rings is 3. The Labute approximate surface area is 216 Å². The Bertz CT molecular complexity index is 1310. The van der Waals surface area contributed by atoms with Gasteiger partial charge in [0.05, 0.1) is 21.9 Å². The minimum Gasteiger partial charge on any atom is -0.488 e. The Kier molecular flexibility index (Phi) is 7.50. The highest BCUT2D eigenvalue weighted by Gasteiger charge is 2.35. The molecule has 172 valence electrons. The lowest BCUT2D eigenvalue weighted by Gasteiger charge is -2.13. The number of carbonyl (C=O) groups excluding carboxylic acids is 2. The number of ether oxygens (including phenoxy) is 1. The number of nitrogens with zero attached hydrogens (tertiary/aromatic N) is 2. The van der Waals surface area contributed by atoms with E-state index >= 15 is 0 Å². The van der Waals surface area contributed by atoms with Crippen molar-refractivity contribution in [3.8, 4) is 5.75 Å². The van der Waals surface area contributed by atoms with Crippen LogP contribution in [-0.4, -0.2) is 21.0 Å². The Balaban J connectivity index is 1.56. The van der Waals surface area contributed by atoms with Crippen molar-refractivity contribution in [2.24, 2.45) is 0 Å². The summed E-state index contributed by atoms with van der Waals surface area (Å²) in [6.07, 6.45) is 1.60. The van der Waals surface area contributed by atoms with E-state index in [-0.39, 0.29) is 34.9 Å². The molecule has 0 bridgehead atoms. The number of thioether (sulfide) groups is 1. The summed E-state index contributed by atoms with van der Waals surface area (Å²) in [5.41, 5.74) is 1.80. The Morgan fingerprint density at radius 3 is 2.44 bits per heavy atom. The zero-order valence-electron chi connectivity index (χ0n) is 17.4. The summed E-state index contributed by atoms with van der Waals surface area (Å²) >= 11 is 7.65. The molecule has 2 amide bonds. The van der Waals surface area contributed by atoms with Gasteiger partial charge in [-0.3, -0.25) is 24.6 Å². The number of nitro benzene ring substituents is 1. The van der Waals surface area contributed by atoms with Crippen molar-refractivity contribution < 1.29 is 19.2 Å². The third-order valence-electron chi connectivity index (χ3n) is 4.96. The molecule has 3 aromatic carbocycles. The molecule has 7 nitrogen and oxygen atoms in total. The second-order valence-electron chi connectivity index (χ2n) is 7.25. The molecule has 0 aromatic heterocycles. The van der Waals surface area contributed by atoms with Gasteiger partial charge in [-0.1, -0.05) is 56.1 Å². The first-order valence-electron chi connectivity index (χ1n) is 9.96. The van der Waals surface area contributed by atoms with Crippen LogP contribution in [0, 0.1) is 10.1 Å². The van der Waals surface area contributed by atoms with Crippen LogP contribution in [0.4, 0.5) is 10.5 Å². The van der Waals surface area contributed by atoms with Crippen LogP contribution in [0.2, 0.25) is 0 Å². The third kappa shape index (κ3) is 5.57. The minimum atomic E-state index is -0.456. The van der Waals surface area contributed by atoms with Crippen LogP contribution in [0.25, 0.3) is 6.08 Å². The fraction of sp³-hybridized carbons (Fsp3) is 0.0833. The number of imide groups is 1. The van der Waals surface area contributed by atoms with E-state index in [0.29, 0.717) is 16.9 Å². The minimum absolute atomic E-state index is 0.0231. The molecule has 0 radical (unpaired) electrons. The van der Waals surface area contributed by atoms with E-state index in [1.807, 2.05) is 24.3 Å². The third-order valence-corrected chi connectivity index (χ3v) is 6.89. The van der Waals surface area contributed by atoms with Crippen LogP contribution in [0.5, 0.6) is 5.75 Å².